The molecule has 0 aliphatic rings. The maximum atomic E-state index is 6.00. The molecule has 0 aliphatic carbocycles. The van der Waals surface area contributed by atoms with E-state index < -0.39 is 0 Å². The highest BCUT2D eigenvalue weighted by Crippen LogP contribution is 2.38. The van der Waals surface area contributed by atoms with E-state index in [1.165, 1.54) is 55.3 Å². The lowest BCUT2D eigenvalue weighted by Crippen LogP contribution is -2.10. The molecule has 4 aromatic carbocycles. The van der Waals surface area contributed by atoms with Crippen molar-refractivity contribution in [1.82, 2.24) is 4.57 Å². The highest BCUT2D eigenvalue weighted by molar-refractivity contribution is 6.10. The third kappa shape index (κ3) is 4.82. The van der Waals surface area contributed by atoms with Crippen LogP contribution in [0.5, 0.6) is 0 Å². The zero-order valence-corrected chi connectivity index (χ0v) is 22.4. The Balaban J connectivity index is 0.00000148. The topological polar surface area (TPSA) is 45.4 Å². The van der Waals surface area contributed by atoms with E-state index in [1.54, 1.807) is 0 Å². The molecule has 0 unspecified atom stereocenters. The first-order valence-corrected chi connectivity index (χ1v) is 12.5. The molecule has 2 N–H and O–H groups in total. The van der Waals surface area contributed by atoms with Crippen molar-refractivity contribution < 1.29 is 10.5 Å². The van der Waals surface area contributed by atoms with Gasteiger partial charge in [0, 0.05) is 16.5 Å². The molecule has 0 saturated carbocycles. The Kier molecular flexibility index (Phi) is 6.83. The molecular weight excluding hydrogens is 442 g/mol. The van der Waals surface area contributed by atoms with Crippen LogP contribution >= 0.6 is 0 Å². The average molecular weight is 480 g/mol. The van der Waals surface area contributed by atoms with E-state index in [0.717, 1.165) is 0 Å². The molecule has 0 atom stereocenters. The lowest BCUT2D eigenvalue weighted by Gasteiger charge is -2.19. The Morgan fingerprint density at radius 1 is 0.556 bits per heavy atom. The van der Waals surface area contributed by atoms with Crippen LogP contribution in [-0.4, -0.2) is 15.1 Å². The summed E-state index contributed by atoms with van der Waals surface area (Å²) in [6.07, 6.45) is 0. The van der Waals surface area contributed by atoms with Crippen molar-refractivity contribution in [2.24, 2.45) is 0 Å². The Morgan fingerprint density at radius 3 is 1.50 bits per heavy atom. The molecule has 0 fully saturated rings. The first-order chi connectivity index (χ1) is 17.0. The van der Waals surface area contributed by atoms with Crippen molar-refractivity contribution >= 4 is 21.8 Å². The van der Waals surface area contributed by atoms with Crippen LogP contribution < -0.4 is 0 Å². The van der Waals surface area contributed by atoms with Crippen molar-refractivity contribution in [3.8, 4) is 16.8 Å². The number of aromatic nitrogens is 1. The molecular formula is C33H37NO2. The summed E-state index contributed by atoms with van der Waals surface area (Å²) >= 11 is 0. The van der Waals surface area contributed by atoms with Gasteiger partial charge in [-0.05, 0) is 76.4 Å². The van der Waals surface area contributed by atoms with Crippen LogP contribution in [0, 0.1) is 6.92 Å². The Labute approximate surface area is 214 Å². The van der Waals surface area contributed by atoms with Crippen LogP contribution in [0.25, 0.3) is 38.6 Å². The SMILES string of the molecule is Cc1cccc(-c2cccc(-n3c4ccc(C(C)(C)C)cc4c4cc(C(C)(C)C)ccc43)c2)c1.OO. The van der Waals surface area contributed by atoms with E-state index in [0.29, 0.717) is 0 Å². The summed E-state index contributed by atoms with van der Waals surface area (Å²) in [5.74, 6) is 0. The number of nitrogens with zero attached hydrogens (tertiary/aromatic N) is 1. The molecule has 1 aromatic heterocycles. The minimum Gasteiger partial charge on any atom is -0.309 e. The lowest BCUT2D eigenvalue weighted by molar-refractivity contribution is -0.176. The van der Waals surface area contributed by atoms with Gasteiger partial charge in [0.2, 0.25) is 0 Å². The molecule has 36 heavy (non-hydrogen) atoms. The van der Waals surface area contributed by atoms with E-state index >= 15 is 0 Å². The summed E-state index contributed by atoms with van der Waals surface area (Å²) in [5, 5.41) is 14.7. The predicted molar refractivity (Wildman–Crippen MR) is 154 cm³/mol. The normalized spacial score (nSPS) is 12.0. The van der Waals surface area contributed by atoms with Crippen LogP contribution in [0.15, 0.2) is 84.9 Å². The number of fused-ring (bicyclic) bond motifs is 3. The number of hydrogen-bond donors (Lipinski definition) is 2. The fourth-order valence-corrected chi connectivity index (χ4v) is 4.88. The number of hydrogen-bond acceptors (Lipinski definition) is 2. The van der Waals surface area contributed by atoms with Crippen molar-refractivity contribution in [2.75, 3.05) is 0 Å². The molecule has 5 rings (SSSR count). The van der Waals surface area contributed by atoms with E-state index in [2.05, 4.69) is 138 Å². The van der Waals surface area contributed by atoms with Crippen LogP contribution in [0.2, 0.25) is 0 Å². The molecule has 0 saturated heterocycles. The molecule has 0 aliphatic heterocycles. The minimum absolute atomic E-state index is 0.106. The highest BCUT2D eigenvalue weighted by atomic mass is 17.0. The standard InChI is InChI=1S/C33H35N.H2O2/c1-22-10-8-11-23(18-22)24-12-9-13-27(19-24)34-30-16-14-25(32(2,3)4)20-28(30)29-21-26(33(5,6)7)15-17-31(29)34;1-2/h8-21H,1-7H3;1-2H. The summed E-state index contributed by atoms with van der Waals surface area (Å²) in [4.78, 5) is 0. The van der Waals surface area contributed by atoms with Gasteiger partial charge in [0.1, 0.15) is 0 Å². The van der Waals surface area contributed by atoms with Gasteiger partial charge in [0.15, 0.2) is 0 Å². The maximum Gasteiger partial charge on any atom is 0.0541 e. The quantitative estimate of drug-likeness (QED) is 0.196. The Bertz CT molecular complexity index is 1460. The summed E-state index contributed by atoms with van der Waals surface area (Å²) in [7, 11) is 0. The molecule has 5 aromatic rings. The molecule has 186 valence electrons. The van der Waals surface area contributed by atoms with Crippen molar-refractivity contribution in [1.29, 1.82) is 0 Å². The van der Waals surface area contributed by atoms with Gasteiger partial charge in [-0.3, -0.25) is 10.5 Å². The largest absolute Gasteiger partial charge is 0.309 e. The summed E-state index contributed by atoms with van der Waals surface area (Å²) in [6, 6.07) is 31.7. The van der Waals surface area contributed by atoms with Gasteiger partial charge < -0.3 is 4.57 Å². The average Bonchev–Trinajstić information content (AvgIpc) is 3.17. The van der Waals surface area contributed by atoms with Crippen molar-refractivity contribution in [2.45, 2.75) is 59.3 Å². The second-order valence-corrected chi connectivity index (χ2v) is 11.7. The van der Waals surface area contributed by atoms with Crippen molar-refractivity contribution in [3.63, 3.8) is 0 Å². The van der Waals surface area contributed by atoms with E-state index in [9.17, 15) is 0 Å². The van der Waals surface area contributed by atoms with Crippen molar-refractivity contribution in [3.05, 3.63) is 102 Å². The molecule has 0 radical (unpaired) electrons. The maximum absolute atomic E-state index is 6.00. The fraction of sp³-hybridized carbons (Fsp3) is 0.273. The third-order valence-electron chi connectivity index (χ3n) is 6.95. The number of rotatable bonds is 2. The first-order valence-electron chi connectivity index (χ1n) is 12.5. The molecule has 1 heterocycles. The molecule has 0 spiro atoms. The van der Waals surface area contributed by atoms with Crippen LogP contribution in [0.3, 0.4) is 0 Å². The summed E-state index contributed by atoms with van der Waals surface area (Å²) < 4.78 is 2.43. The fourth-order valence-electron chi connectivity index (χ4n) is 4.88. The Hall–Kier alpha value is -3.40. The van der Waals surface area contributed by atoms with Crippen LogP contribution in [0.1, 0.15) is 58.2 Å². The highest BCUT2D eigenvalue weighted by Gasteiger charge is 2.20. The monoisotopic (exact) mass is 479 g/mol. The lowest BCUT2D eigenvalue weighted by atomic mass is 9.85. The van der Waals surface area contributed by atoms with E-state index in [1.807, 2.05) is 0 Å². The Morgan fingerprint density at radius 2 is 1.03 bits per heavy atom. The van der Waals surface area contributed by atoms with E-state index in [-0.39, 0.29) is 10.8 Å². The first kappa shape index (κ1) is 25.7. The van der Waals surface area contributed by atoms with Gasteiger partial charge in [-0.1, -0.05) is 95.6 Å². The van der Waals surface area contributed by atoms with Crippen LogP contribution in [-0.2, 0) is 10.8 Å². The molecule has 0 bridgehead atoms. The number of benzene rings is 4. The third-order valence-corrected chi connectivity index (χ3v) is 6.95. The smallest absolute Gasteiger partial charge is 0.0541 e. The van der Waals surface area contributed by atoms with Gasteiger partial charge in [0.05, 0.1) is 11.0 Å². The van der Waals surface area contributed by atoms with Gasteiger partial charge in [-0.15, -0.1) is 0 Å². The zero-order valence-electron chi connectivity index (χ0n) is 22.4. The van der Waals surface area contributed by atoms with E-state index in [4.69, 9.17) is 10.5 Å². The van der Waals surface area contributed by atoms with Crippen LogP contribution in [0.4, 0.5) is 0 Å². The van der Waals surface area contributed by atoms with Gasteiger partial charge in [-0.25, -0.2) is 0 Å². The van der Waals surface area contributed by atoms with Gasteiger partial charge in [0.25, 0.3) is 0 Å². The summed E-state index contributed by atoms with van der Waals surface area (Å²) in [5.41, 5.74) is 10.5. The summed E-state index contributed by atoms with van der Waals surface area (Å²) in [6.45, 7) is 15.9. The van der Waals surface area contributed by atoms with Gasteiger partial charge >= 0.3 is 0 Å². The number of aryl methyl sites for hydroxylation is 1. The van der Waals surface area contributed by atoms with Gasteiger partial charge in [-0.2, -0.15) is 0 Å². The minimum atomic E-state index is 0.106. The zero-order chi connectivity index (χ0) is 26.3. The second-order valence-electron chi connectivity index (χ2n) is 11.7. The molecule has 3 heteroatoms. The second kappa shape index (κ2) is 9.57. The predicted octanol–water partition coefficient (Wildman–Crippen LogP) is 9.37. The molecule has 0 amide bonds. The molecule has 3 nitrogen and oxygen atoms in total.